The number of amides is 1. The summed E-state index contributed by atoms with van der Waals surface area (Å²) in [5.41, 5.74) is -0.403. The van der Waals surface area contributed by atoms with Crippen LogP contribution < -0.4 is 10.1 Å². The zero-order chi connectivity index (χ0) is 24.1. The van der Waals surface area contributed by atoms with E-state index in [0.717, 1.165) is 0 Å². The van der Waals surface area contributed by atoms with Gasteiger partial charge in [-0.2, -0.15) is 0 Å². The Hall–Kier alpha value is -3.84. The first-order chi connectivity index (χ1) is 16.4. The Kier molecular flexibility index (Phi) is 5.10. The molecule has 0 bridgehead atoms. The molecule has 1 amide bonds. The van der Waals surface area contributed by atoms with Crippen molar-refractivity contribution in [3.05, 3.63) is 83.4 Å². The quantitative estimate of drug-likeness (QED) is 0.397. The van der Waals surface area contributed by atoms with Crippen molar-refractivity contribution in [2.75, 3.05) is 25.5 Å². The van der Waals surface area contributed by atoms with E-state index in [0.29, 0.717) is 47.7 Å². The SMILES string of the molecule is CCOc1ccc(C(=O)C2(c3ccc(O)c(O)c3)CCN(C)C23C(=O)Nc2ccccc23)cc1. The van der Waals surface area contributed by atoms with Gasteiger partial charge in [-0.25, -0.2) is 0 Å². The fourth-order valence-electron chi connectivity index (χ4n) is 5.72. The van der Waals surface area contributed by atoms with E-state index < -0.39 is 11.0 Å². The molecular weight excluding hydrogens is 432 g/mol. The lowest BCUT2D eigenvalue weighted by Gasteiger charge is -2.44. The largest absolute Gasteiger partial charge is 0.504 e. The average Bonchev–Trinajstić information content (AvgIpc) is 3.32. The van der Waals surface area contributed by atoms with E-state index >= 15 is 0 Å². The number of likely N-dealkylation sites (N-methyl/N-ethyl adjacent to an activating group) is 1. The van der Waals surface area contributed by atoms with E-state index in [1.807, 2.05) is 43.1 Å². The molecule has 2 unspecified atom stereocenters. The van der Waals surface area contributed by atoms with Crippen molar-refractivity contribution in [1.29, 1.82) is 0 Å². The molecule has 2 heterocycles. The third kappa shape index (κ3) is 2.80. The van der Waals surface area contributed by atoms with Crippen LogP contribution in [0.25, 0.3) is 0 Å². The molecule has 7 heteroatoms. The second-order valence-electron chi connectivity index (χ2n) is 8.78. The topological polar surface area (TPSA) is 99.1 Å². The van der Waals surface area contributed by atoms with Crippen molar-refractivity contribution in [2.24, 2.45) is 0 Å². The molecule has 174 valence electrons. The molecular formula is C27H26N2O5. The first kappa shape index (κ1) is 22.0. The van der Waals surface area contributed by atoms with Crippen LogP contribution in [0.1, 0.15) is 34.8 Å². The molecule has 3 aromatic carbocycles. The van der Waals surface area contributed by atoms with Crippen LogP contribution >= 0.6 is 0 Å². The van der Waals surface area contributed by atoms with Crippen LogP contribution in [0, 0.1) is 0 Å². The fraction of sp³-hybridized carbons (Fsp3) is 0.259. The number of phenols is 2. The van der Waals surface area contributed by atoms with E-state index in [2.05, 4.69) is 5.32 Å². The van der Waals surface area contributed by atoms with E-state index in [4.69, 9.17) is 4.74 Å². The molecule has 2 aliphatic rings. The third-order valence-electron chi connectivity index (χ3n) is 7.19. The van der Waals surface area contributed by atoms with Gasteiger partial charge in [-0.15, -0.1) is 0 Å². The van der Waals surface area contributed by atoms with E-state index in [9.17, 15) is 19.8 Å². The average molecular weight is 459 g/mol. The highest BCUT2D eigenvalue weighted by Gasteiger charge is 2.70. The van der Waals surface area contributed by atoms with Crippen molar-refractivity contribution in [3.63, 3.8) is 0 Å². The van der Waals surface area contributed by atoms with Gasteiger partial charge in [-0.05, 0) is 68.4 Å². The van der Waals surface area contributed by atoms with Gasteiger partial charge in [0.15, 0.2) is 17.3 Å². The molecule has 0 aliphatic carbocycles. The van der Waals surface area contributed by atoms with E-state index in [-0.39, 0.29) is 23.2 Å². The molecule has 0 saturated carbocycles. The number of carbonyl (C=O) groups is 2. The summed E-state index contributed by atoms with van der Waals surface area (Å²) < 4.78 is 5.53. The molecule has 2 aliphatic heterocycles. The number of ketones is 1. The zero-order valence-electron chi connectivity index (χ0n) is 19.0. The van der Waals surface area contributed by atoms with Crippen LogP contribution in [0.3, 0.4) is 0 Å². The third-order valence-corrected chi connectivity index (χ3v) is 7.19. The molecule has 5 rings (SSSR count). The predicted octanol–water partition coefficient (Wildman–Crippen LogP) is 3.80. The molecule has 1 fully saturated rings. The number of aromatic hydroxyl groups is 2. The summed E-state index contributed by atoms with van der Waals surface area (Å²) in [6.45, 7) is 2.88. The van der Waals surface area contributed by atoms with Crippen LogP contribution in [0.5, 0.6) is 17.2 Å². The Balaban J connectivity index is 1.79. The maximum absolute atomic E-state index is 14.5. The summed E-state index contributed by atoms with van der Waals surface area (Å²) in [6, 6.07) is 18.7. The Labute approximate surface area is 197 Å². The van der Waals surface area contributed by atoms with Gasteiger partial charge in [-0.3, -0.25) is 14.5 Å². The van der Waals surface area contributed by atoms with Gasteiger partial charge < -0.3 is 20.3 Å². The second-order valence-corrected chi connectivity index (χ2v) is 8.78. The minimum atomic E-state index is -1.35. The summed E-state index contributed by atoms with van der Waals surface area (Å²) in [6.07, 6.45) is 0.349. The van der Waals surface area contributed by atoms with Crippen LogP contribution in [0.2, 0.25) is 0 Å². The van der Waals surface area contributed by atoms with Gasteiger partial charge in [0.05, 0.1) is 12.0 Å². The number of carbonyl (C=O) groups excluding carboxylic acids is 2. The zero-order valence-corrected chi connectivity index (χ0v) is 19.0. The van der Waals surface area contributed by atoms with Crippen molar-refractivity contribution < 1.29 is 24.5 Å². The number of likely N-dealkylation sites (tertiary alicyclic amines) is 1. The fourth-order valence-corrected chi connectivity index (χ4v) is 5.72. The summed E-state index contributed by atoms with van der Waals surface area (Å²) in [4.78, 5) is 30.3. The van der Waals surface area contributed by atoms with Gasteiger partial charge in [-0.1, -0.05) is 24.3 Å². The summed E-state index contributed by atoms with van der Waals surface area (Å²) in [7, 11) is 1.84. The molecule has 2 atom stereocenters. The smallest absolute Gasteiger partial charge is 0.251 e. The van der Waals surface area contributed by atoms with E-state index in [1.165, 1.54) is 12.1 Å². The molecule has 34 heavy (non-hydrogen) atoms. The number of phenolic OH excluding ortho intramolecular Hbond substituents is 2. The van der Waals surface area contributed by atoms with Gasteiger partial charge in [0.25, 0.3) is 5.91 Å². The predicted molar refractivity (Wildman–Crippen MR) is 127 cm³/mol. The summed E-state index contributed by atoms with van der Waals surface area (Å²) in [5.74, 6) is -0.508. The van der Waals surface area contributed by atoms with Crippen molar-refractivity contribution in [2.45, 2.75) is 24.3 Å². The Morgan fingerprint density at radius 3 is 2.50 bits per heavy atom. The first-order valence-electron chi connectivity index (χ1n) is 11.3. The number of ether oxygens (including phenoxy) is 1. The first-order valence-corrected chi connectivity index (χ1v) is 11.3. The van der Waals surface area contributed by atoms with Gasteiger partial charge in [0.2, 0.25) is 0 Å². The number of fused-ring (bicyclic) bond motifs is 2. The van der Waals surface area contributed by atoms with Crippen LogP contribution in [-0.4, -0.2) is 47.0 Å². The highest BCUT2D eigenvalue weighted by Crippen LogP contribution is 2.59. The van der Waals surface area contributed by atoms with Crippen molar-refractivity contribution >= 4 is 17.4 Å². The van der Waals surface area contributed by atoms with Crippen LogP contribution in [0.4, 0.5) is 5.69 Å². The lowest BCUT2D eigenvalue weighted by atomic mass is 9.59. The summed E-state index contributed by atoms with van der Waals surface area (Å²) in [5, 5.41) is 23.4. The molecule has 1 spiro atoms. The normalized spacial score (nSPS) is 23.6. The van der Waals surface area contributed by atoms with Crippen LogP contribution in [-0.2, 0) is 15.7 Å². The number of hydrogen-bond donors (Lipinski definition) is 3. The Morgan fingerprint density at radius 2 is 1.79 bits per heavy atom. The minimum absolute atomic E-state index is 0.239. The molecule has 3 N–H and O–H groups in total. The van der Waals surface area contributed by atoms with Gasteiger partial charge in [0, 0.05) is 23.4 Å². The molecule has 3 aromatic rings. The lowest BCUT2D eigenvalue weighted by molar-refractivity contribution is -0.127. The van der Waals surface area contributed by atoms with Gasteiger partial charge >= 0.3 is 0 Å². The van der Waals surface area contributed by atoms with Crippen molar-refractivity contribution in [3.8, 4) is 17.2 Å². The molecule has 0 aromatic heterocycles. The van der Waals surface area contributed by atoms with Crippen LogP contribution in [0.15, 0.2) is 66.7 Å². The number of anilines is 1. The lowest BCUT2D eigenvalue weighted by Crippen LogP contribution is -2.60. The number of Topliss-reactive ketones (excluding diaryl/α,β-unsaturated/α-hetero) is 1. The number of nitrogens with zero attached hydrogens (tertiary/aromatic N) is 1. The highest BCUT2D eigenvalue weighted by molar-refractivity contribution is 6.16. The Morgan fingerprint density at radius 1 is 1.06 bits per heavy atom. The number of para-hydroxylation sites is 1. The van der Waals surface area contributed by atoms with Crippen molar-refractivity contribution in [1.82, 2.24) is 4.90 Å². The monoisotopic (exact) mass is 458 g/mol. The maximum atomic E-state index is 14.5. The molecule has 7 nitrogen and oxygen atoms in total. The molecule has 1 saturated heterocycles. The number of nitrogens with one attached hydrogen (secondary N) is 1. The second kappa shape index (κ2) is 7.88. The maximum Gasteiger partial charge on any atom is 0.251 e. The summed E-state index contributed by atoms with van der Waals surface area (Å²) >= 11 is 0. The minimum Gasteiger partial charge on any atom is -0.504 e. The molecule has 0 radical (unpaired) electrons. The number of hydrogen-bond acceptors (Lipinski definition) is 6. The Bertz CT molecular complexity index is 1290. The number of rotatable bonds is 5. The number of benzene rings is 3. The standard InChI is InChI=1S/C27H26N2O5/c1-3-34-19-11-8-17(9-12-19)24(32)26(18-10-13-22(30)23(31)16-18)14-15-29(2)27(26)20-6-4-5-7-21(20)28-25(27)33/h4-13,16,30-31H,3,14-15H2,1-2H3,(H,28,33). The van der Waals surface area contributed by atoms with Gasteiger partial charge in [0.1, 0.15) is 11.3 Å². The van der Waals surface area contributed by atoms with E-state index in [1.54, 1.807) is 30.3 Å². The highest BCUT2D eigenvalue weighted by atomic mass is 16.5.